The van der Waals surface area contributed by atoms with Gasteiger partial charge in [0.05, 0.1) is 10.7 Å². The van der Waals surface area contributed by atoms with Gasteiger partial charge in [0.25, 0.3) is 5.56 Å². The molecule has 3 rings (SSSR count). The zero-order valence-corrected chi connectivity index (χ0v) is 14.0. The molecule has 0 saturated heterocycles. The van der Waals surface area contributed by atoms with Crippen molar-refractivity contribution in [3.05, 3.63) is 86.0 Å². The van der Waals surface area contributed by atoms with Gasteiger partial charge in [-0.2, -0.15) is 5.10 Å². The minimum absolute atomic E-state index is 0.140. The van der Waals surface area contributed by atoms with Crippen LogP contribution in [-0.4, -0.2) is 21.0 Å². The SMILES string of the molecule is Cc1ccc(C(=O)c2[nH]c(C(C)c3ccc(=O)[nH]n3)cc2Cl)cc1. The van der Waals surface area contributed by atoms with Crippen molar-refractivity contribution >= 4 is 17.4 Å². The molecular weight excluding hydrogens is 326 g/mol. The van der Waals surface area contributed by atoms with E-state index in [-0.39, 0.29) is 17.3 Å². The van der Waals surface area contributed by atoms with E-state index in [4.69, 9.17) is 11.6 Å². The largest absolute Gasteiger partial charge is 0.354 e. The van der Waals surface area contributed by atoms with E-state index >= 15 is 0 Å². The maximum Gasteiger partial charge on any atom is 0.264 e. The average molecular weight is 342 g/mol. The number of halogens is 1. The molecule has 0 bridgehead atoms. The fourth-order valence-electron chi connectivity index (χ4n) is 2.45. The summed E-state index contributed by atoms with van der Waals surface area (Å²) in [5.41, 5.74) is 3.20. The first kappa shape index (κ1) is 16.2. The number of hydrogen-bond donors (Lipinski definition) is 2. The van der Waals surface area contributed by atoms with Gasteiger partial charge in [0.1, 0.15) is 5.69 Å². The molecule has 0 amide bonds. The van der Waals surface area contributed by atoms with E-state index in [0.717, 1.165) is 11.3 Å². The minimum Gasteiger partial charge on any atom is -0.354 e. The van der Waals surface area contributed by atoms with Crippen LogP contribution in [0.4, 0.5) is 0 Å². The van der Waals surface area contributed by atoms with Gasteiger partial charge in [-0.25, -0.2) is 5.10 Å². The molecule has 0 spiro atoms. The molecule has 0 aliphatic rings. The zero-order valence-electron chi connectivity index (χ0n) is 13.3. The first-order valence-electron chi connectivity index (χ1n) is 7.51. The summed E-state index contributed by atoms with van der Waals surface area (Å²) in [5, 5.41) is 6.79. The van der Waals surface area contributed by atoms with Gasteiger partial charge in [0.15, 0.2) is 0 Å². The summed E-state index contributed by atoms with van der Waals surface area (Å²) < 4.78 is 0. The number of carbonyl (C=O) groups is 1. The molecule has 2 heterocycles. The van der Waals surface area contributed by atoms with E-state index in [1.165, 1.54) is 6.07 Å². The molecule has 3 aromatic rings. The van der Waals surface area contributed by atoms with Gasteiger partial charge >= 0.3 is 0 Å². The first-order valence-corrected chi connectivity index (χ1v) is 7.89. The van der Waals surface area contributed by atoms with Gasteiger partial charge in [-0.3, -0.25) is 9.59 Å². The zero-order chi connectivity index (χ0) is 17.3. The number of benzene rings is 1. The Balaban J connectivity index is 1.92. The molecular formula is C18H16ClN3O2. The van der Waals surface area contributed by atoms with E-state index < -0.39 is 0 Å². The van der Waals surface area contributed by atoms with Crippen molar-refractivity contribution in [2.24, 2.45) is 0 Å². The smallest absolute Gasteiger partial charge is 0.264 e. The van der Waals surface area contributed by atoms with Crippen LogP contribution in [0.2, 0.25) is 5.02 Å². The molecule has 122 valence electrons. The summed E-state index contributed by atoms with van der Waals surface area (Å²) in [4.78, 5) is 26.8. The summed E-state index contributed by atoms with van der Waals surface area (Å²) >= 11 is 6.25. The van der Waals surface area contributed by atoms with Crippen LogP contribution in [0.25, 0.3) is 0 Å². The van der Waals surface area contributed by atoms with Crippen molar-refractivity contribution in [3.63, 3.8) is 0 Å². The number of aromatic nitrogens is 3. The molecule has 6 heteroatoms. The fourth-order valence-corrected chi connectivity index (χ4v) is 2.70. The van der Waals surface area contributed by atoms with Crippen LogP contribution < -0.4 is 5.56 Å². The van der Waals surface area contributed by atoms with Gasteiger partial charge in [-0.15, -0.1) is 0 Å². The van der Waals surface area contributed by atoms with Gasteiger partial charge in [-0.1, -0.05) is 48.4 Å². The summed E-state index contributed by atoms with van der Waals surface area (Å²) in [6.07, 6.45) is 0. The number of nitrogens with one attached hydrogen (secondary N) is 2. The fraction of sp³-hybridized carbons (Fsp3) is 0.167. The summed E-state index contributed by atoms with van der Waals surface area (Å²) in [6.45, 7) is 3.88. The predicted molar refractivity (Wildman–Crippen MR) is 92.8 cm³/mol. The molecule has 0 radical (unpaired) electrons. The second kappa shape index (κ2) is 6.45. The molecule has 0 fully saturated rings. The highest BCUT2D eigenvalue weighted by Gasteiger charge is 2.20. The predicted octanol–water partition coefficient (Wildman–Crippen LogP) is 3.44. The molecule has 1 unspecified atom stereocenters. The highest BCUT2D eigenvalue weighted by molar-refractivity contribution is 6.34. The van der Waals surface area contributed by atoms with E-state index in [2.05, 4.69) is 15.2 Å². The minimum atomic E-state index is -0.259. The van der Waals surface area contributed by atoms with Crippen molar-refractivity contribution in [1.82, 2.24) is 15.2 Å². The Kier molecular flexibility index (Phi) is 4.36. The maximum absolute atomic E-state index is 12.6. The lowest BCUT2D eigenvalue weighted by Crippen LogP contribution is -2.10. The Hall–Kier alpha value is -2.66. The van der Waals surface area contributed by atoms with Gasteiger partial charge in [0.2, 0.25) is 5.78 Å². The first-order chi connectivity index (χ1) is 11.5. The second-order valence-electron chi connectivity index (χ2n) is 5.71. The molecule has 1 aromatic carbocycles. The lowest BCUT2D eigenvalue weighted by atomic mass is 10.0. The Morgan fingerprint density at radius 1 is 1.17 bits per heavy atom. The highest BCUT2D eigenvalue weighted by Crippen LogP contribution is 2.27. The number of aryl methyl sites for hydroxylation is 1. The average Bonchev–Trinajstić information content (AvgIpc) is 2.97. The lowest BCUT2D eigenvalue weighted by Gasteiger charge is -2.08. The molecule has 0 aliphatic heterocycles. The Morgan fingerprint density at radius 2 is 1.88 bits per heavy atom. The topological polar surface area (TPSA) is 78.6 Å². The van der Waals surface area contributed by atoms with Gasteiger partial charge in [-0.05, 0) is 19.1 Å². The van der Waals surface area contributed by atoms with Crippen molar-refractivity contribution in [2.45, 2.75) is 19.8 Å². The normalized spacial score (nSPS) is 12.1. The van der Waals surface area contributed by atoms with Crippen molar-refractivity contribution in [1.29, 1.82) is 0 Å². The molecule has 2 aromatic heterocycles. The van der Waals surface area contributed by atoms with E-state index in [1.54, 1.807) is 24.3 Å². The standard InChI is InChI=1S/C18H16ClN3O2/c1-10-3-5-12(6-4-10)18(24)17-13(19)9-15(20-17)11(2)14-7-8-16(23)22-21-14/h3-9,11,20H,1-2H3,(H,22,23). The van der Waals surface area contributed by atoms with Crippen LogP contribution in [0.1, 0.15) is 45.8 Å². The Bertz CT molecular complexity index is 921. The van der Waals surface area contributed by atoms with Crippen LogP contribution in [0.5, 0.6) is 0 Å². The quantitative estimate of drug-likeness (QED) is 0.713. The number of hydrogen-bond acceptors (Lipinski definition) is 3. The van der Waals surface area contributed by atoms with Crippen molar-refractivity contribution < 1.29 is 4.79 Å². The number of rotatable bonds is 4. The number of ketones is 1. The van der Waals surface area contributed by atoms with Gasteiger partial charge < -0.3 is 4.98 Å². The molecule has 5 nitrogen and oxygen atoms in total. The van der Waals surface area contributed by atoms with Crippen LogP contribution >= 0.6 is 11.6 Å². The molecule has 0 aliphatic carbocycles. The third-order valence-electron chi connectivity index (χ3n) is 3.94. The Labute approximate surface area is 143 Å². The number of nitrogens with zero attached hydrogens (tertiary/aromatic N) is 1. The van der Waals surface area contributed by atoms with Crippen LogP contribution in [0.3, 0.4) is 0 Å². The van der Waals surface area contributed by atoms with Crippen LogP contribution in [0, 0.1) is 6.92 Å². The third kappa shape index (κ3) is 3.16. The van der Waals surface area contributed by atoms with Gasteiger partial charge in [0, 0.05) is 23.2 Å². The number of carbonyl (C=O) groups excluding carboxylic acids is 1. The lowest BCUT2D eigenvalue weighted by molar-refractivity contribution is 0.103. The third-order valence-corrected chi connectivity index (χ3v) is 4.24. The highest BCUT2D eigenvalue weighted by atomic mass is 35.5. The summed E-state index contributed by atoms with van der Waals surface area (Å²) in [7, 11) is 0. The van der Waals surface area contributed by atoms with E-state index in [0.29, 0.717) is 22.0 Å². The summed E-state index contributed by atoms with van der Waals surface area (Å²) in [6, 6.07) is 12.1. The van der Waals surface area contributed by atoms with Crippen molar-refractivity contribution in [3.8, 4) is 0 Å². The molecule has 2 N–H and O–H groups in total. The Morgan fingerprint density at radius 3 is 2.50 bits per heavy atom. The van der Waals surface area contributed by atoms with Crippen molar-refractivity contribution in [2.75, 3.05) is 0 Å². The summed E-state index contributed by atoms with van der Waals surface area (Å²) in [5.74, 6) is -0.299. The number of H-pyrrole nitrogens is 2. The number of aromatic amines is 2. The van der Waals surface area contributed by atoms with E-state index in [1.807, 2.05) is 26.0 Å². The monoisotopic (exact) mass is 341 g/mol. The maximum atomic E-state index is 12.6. The van der Waals surface area contributed by atoms with E-state index in [9.17, 15) is 9.59 Å². The molecule has 0 saturated carbocycles. The molecule has 1 atom stereocenters. The second-order valence-corrected chi connectivity index (χ2v) is 6.12. The van der Waals surface area contributed by atoms with Crippen LogP contribution in [-0.2, 0) is 0 Å². The molecule has 24 heavy (non-hydrogen) atoms. The van der Waals surface area contributed by atoms with Crippen LogP contribution in [0.15, 0.2) is 47.3 Å².